The highest BCUT2D eigenvalue weighted by Crippen LogP contribution is 2.22. The lowest BCUT2D eigenvalue weighted by Gasteiger charge is -2.18. The third kappa shape index (κ3) is 2.90. The minimum atomic E-state index is -0.512. The van der Waals surface area contributed by atoms with Crippen LogP contribution < -0.4 is 4.90 Å². The van der Waals surface area contributed by atoms with Gasteiger partial charge in [-0.1, -0.05) is 6.07 Å². The Balaban J connectivity index is 2.23. The molecule has 96 valence electrons. The second-order valence-electron chi connectivity index (χ2n) is 4.34. The van der Waals surface area contributed by atoms with Crippen LogP contribution in [-0.2, 0) is 0 Å². The molecule has 0 aliphatic heterocycles. The van der Waals surface area contributed by atoms with Crippen molar-refractivity contribution >= 4 is 11.5 Å². The molecule has 0 saturated heterocycles. The van der Waals surface area contributed by atoms with E-state index >= 15 is 0 Å². The number of nitrogens with zero attached hydrogens (tertiary/aromatic N) is 3. The first kappa shape index (κ1) is 13.1. The predicted octanol–water partition coefficient (Wildman–Crippen LogP) is 2.77. The van der Waals surface area contributed by atoms with Gasteiger partial charge >= 0.3 is 0 Å². The zero-order valence-electron chi connectivity index (χ0n) is 10.9. The summed E-state index contributed by atoms with van der Waals surface area (Å²) in [6.07, 6.45) is 1.15. The minimum Gasteiger partial charge on any atom is -0.389 e. The van der Waals surface area contributed by atoms with Crippen molar-refractivity contribution in [1.29, 1.82) is 5.26 Å². The van der Waals surface area contributed by atoms with Crippen LogP contribution in [0, 0.1) is 11.3 Å². The minimum absolute atomic E-state index is 0.512. The van der Waals surface area contributed by atoms with Crippen molar-refractivity contribution in [2.45, 2.75) is 13.0 Å². The highest BCUT2D eigenvalue weighted by molar-refractivity contribution is 5.60. The average Bonchev–Trinajstić information content (AvgIpc) is 2.46. The van der Waals surface area contributed by atoms with Crippen LogP contribution in [0.4, 0.5) is 11.5 Å². The lowest BCUT2D eigenvalue weighted by molar-refractivity contribution is 0.199. The van der Waals surface area contributed by atoms with Crippen molar-refractivity contribution in [2.24, 2.45) is 0 Å². The van der Waals surface area contributed by atoms with E-state index in [0.29, 0.717) is 5.56 Å². The van der Waals surface area contributed by atoms with Crippen LogP contribution in [0.3, 0.4) is 0 Å². The molecule has 1 aromatic carbocycles. The fourth-order valence-corrected chi connectivity index (χ4v) is 1.73. The van der Waals surface area contributed by atoms with Gasteiger partial charge in [-0.3, -0.25) is 0 Å². The van der Waals surface area contributed by atoms with Gasteiger partial charge in [0.25, 0.3) is 0 Å². The van der Waals surface area contributed by atoms with Crippen molar-refractivity contribution in [3.8, 4) is 6.07 Å². The molecule has 19 heavy (non-hydrogen) atoms. The summed E-state index contributed by atoms with van der Waals surface area (Å²) in [7, 11) is 1.91. The molecule has 0 amide bonds. The molecular weight excluding hydrogens is 238 g/mol. The molecule has 0 saturated carbocycles. The molecule has 1 aromatic heterocycles. The molecule has 0 unspecified atom stereocenters. The molecule has 1 atom stereocenters. The van der Waals surface area contributed by atoms with Crippen molar-refractivity contribution in [3.05, 3.63) is 53.7 Å². The summed E-state index contributed by atoms with van der Waals surface area (Å²) in [5.74, 6) is 0.786. The van der Waals surface area contributed by atoms with E-state index in [1.165, 1.54) is 0 Å². The Morgan fingerprint density at radius 3 is 2.37 bits per heavy atom. The maximum atomic E-state index is 9.44. The Kier molecular flexibility index (Phi) is 3.79. The molecule has 1 N–H and O–H groups in total. The standard InChI is InChI=1S/C15H15N3O/c1-11(19)13-5-8-15(17-10-13)18(2)14-6-3-12(9-16)4-7-14/h3-8,10-11,19H,1-2H3/t11-/m1/s1. The van der Waals surface area contributed by atoms with Gasteiger partial charge in [-0.15, -0.1) is 0 Å². The Morgan fingerprint density at radius 1 is 1.21 bits per heavy atom. The normalized spacial score (nSPS) is 11.7. The number of hydrogen-bond acceptors (Lipinski definition) is 4. The third-order valence-corrected chi connectivity index (χ3v) is 2.98. The summed E-state index contributed by atoms with van der Waals surface area (Å²) in [6, 6.07) is 13.1. The van der Waals surface area contributed by atoms with Crippen molar-refractivity contribution < 1.29 is 5.11 Å². The monoisotopic (exact) mass is 253 g/mol. The molecule has 0 spiro atoms. The lowest BCUT2D eigenvalue weighted by Crippen LogP contribution is -2.11. The Morgan fingerprint density at radius 2 is 1.89 bits per heavy atom. The molecule has 2 aromatic rings. The number of pyridine rings is 1. The number of aromatic nitrogens is 1. The summed E-state index contributed by atoms with van der Waals surface area (Å²) in [5.41, 5.74) is 2.38. The van der Waals surface area contributed by atoms with Crippen LogP contribution in [0.15, 0.2) is 42.6 Å². The highest BCUT2D eigenvalue weighted by Gasteiger charge is 2.07. The maximum Gasteiger partial charge on any atom is 0.132 e. The van der Waals surface area contributed by atoms with Crippen molar-refractivity contribution in [1.82, 2.24) is 4.98 Å². The summed E-state index contributed by atoms with van der Waals surface area (Å²) >= 11 is 0. The molecule has 1 heterocycles. The van der Waals surface area contributed by atoms with Crippen molar-refractivity contribution in [3.63, 3.8) is 0 Å². The summed E-state index contributed by atoms with van der Waals surface area (Å²) in [6.45, 7) is 1.71. The molecule has 0 radical (unpaired) electrons. The number of nitriles is 1. The Bertz CT molecular complexity index is 582. The number of anilines is 2. The van der Waals surface area contributed by atoms with Crippen LogP contribution in [0.25, 0.3) is 0 Å². The molecule has 0 bridgehead atoms. The SMILES string of the molecule is C[C@@H](O)c1ccc(N(C)c2ccc(C#N)cc2)nc1. The van der Waals surface area contributed by atoms with E-state index < -0.39 is 6.10 Å². The number of rotatable bonds is 3. The molecule has 2 rings (SSSR count). The Labute approximate surface area is 112 Å². The fourth-order valence-electron chi connectivity index (χ4n) is 1.73. The van der Waals surface area contributed by atoms with Crippen LogP contribution in [0.2, 0.25) is 0 Å². The predicted molar refractivity (Wildman–Crippen MR) is 74.1 cm³/mol. The molecular formula is C15H15N3O. The van der Waals surface area contributed by atoms with E-state index in [4.69, 9.17) is 5.26 Å². The van der Waals surface area contributed by atoms with Crippen LogP contribution in [0.5, 0.6) is 0 Å². The maximum absolute atomic E-state index is 9.44. The molecule has 0 aliphatic rings. The summed E-state index contributed by atoms with van der Waals surface area (Å²) in [5, 5.41) is 18.2. The van der Waals surface area contributed by atoms with Gasteiger partial charge < -0.3 is 10.0 Å². The second-order valence-corrected chi connectivity index (χ2v) is 4.34. The Hall–Kier alpha value is -2.38. The summed E-state index contributed by atoms with van der Waals surface area (Å²) in [4.78, 5) is 6.24. The quantitative estimate of drug-likeness (QED) is 0.913. The van der Waals surface area contributed by atoms with Gasteiger partial charge in [-0.25, -0.2) is 4.98 Å². The van der Waals surface area contributed by atoms with E-state index in [2.05, 4.69) is 11.1 Å². The van der Waals surface area contributed by atoms with Gasteiger partial charge in [0.15, 0.2) is 0 Å². The van der Waals surface area contributed by atoms with E-state index in [1.807, 2.05) is 36.2 Å². The van der Waals surface area contributed by atoms with E-state index in [1.54, 1.807) is 25.3 Å². The average molecular weight is 253 g/mol. The van der Waals surface area contributed by atoms with Gasteiger partial charge in [0.1, 0.15) is 5.82 Å². The van der Waals surface area contributed by atoms with Gasteiger partial charge in [0, 0.05) is 18.9 Å². The summed E-state index contributed by atoms with van der Waals surface area (Å²) < 4.78 is 0. The van der Waals surface area contributed by atoms with Crippen molar-refractivity contribution in [2.75, 3.05) is 11.9 Å². The van der Waals surface area contributed by atoms with Crippen LogP contribution in [-0.4, -0.2) is 17.1 Å². The topological polar surface area (TPSA) is 60.1 Å². The number of benzene rings is 1. The van der Waals surface area contributed by atoms with Gasteiger partial charge in [0.05, 0.1) is 17.7 Å². The second kappa shape index (κ2) is 5.51. The number of aliphatic hydroxyl groups is 1. The first-order valence-electron chi connectivity index (χ1n) is 5.99. The van der Waals surface area contributed by atoms with Gasteiger partial charge in [-0.2, -0.15) is 5.26 Å². The molecule has 4 heteroatoms. The zero-order valence-corrected chi connectivity index (χ0v) is 10.9. The number of hydrogen-bond donors (Lipinski definition) is 1. The van der Waals surface area contributed by atoms with E-state index in [-0.39, 0.29) is 0 Å². The number of aliphatic hydroxyl groups excluding tert-OH is 1. The first-order chi connectivity index (χ1) is 9.11. The van der Waals surface area contributed by atoms with Crippen LogP contribution >= 0.6 is 0 Å². The largest absolute Gasteiger partial charge is 0.389 e. The molecule has 4 nitrogen and oxygen atoms in total. The molecule has 0 aliphatic carbocycles. The highest BCUT2D eigenvalue weighted by atomic mass is 16.3. The lowest BCUT2D eigenvalue weighted by atomic mass is 10.2. The zero-order chi connectivity index (χ0) is 13.8. The first-order valence-corrected chi connectivity index (χ1v) is 5.99. The van der Waals surface area contributed by atoms with Gasteiger partial charge in [-0.05, 0) is 42.8 Å². The molecule has 0 fully saturated rings. The van der Waals surface area contributed by atoms with Gasteiger partial charge in [0.2, 0.25) is 0 Å². The van der Waals surface area contributed by atoms with E-state index in [0.717, 1.165) is 17.1 Å². The van der Waals surface area contributed by atoms with Crippen LogP contribution in [0.1, 0.15) is 24.2 Å². The third-order valence-electron chi connectivity index (χ3n) is 2.98. The van der Waals surface area contributed by atoms with E-state index in [9.17, 15) is 5.11 Å². The smallest absolute Gasteiger partial charge is 0.132 e. The fraction of sp³-hybridized carbons (Fsp3) is 0.200.